The summed E-state index contributed by atoms with van der Waals surface area (Å²) in [7, 11) is 0. The lowest BCUT2D eigenvalue weighted by atomic mass is 10.0. The highest BCUT2D eigenvalue weighted by atomic mass is 15.3. The van der Waals surface area contributed by atoms with Gasteiger partial charge in [-0.2, -0.15) is 5.10 Å². The number of hydrazine groups is 1. The lowest BCUT2D eigenvalue weighted by Crippen LogP contribution is -2.29. The van der Waals surface area contributed by atoms with Crippen LogP contribution in [-0.4, -0.2) is 9.78 Å². The molecule has 4 nitrogen and oxygen atoms in total. The molecule has 0 aliphatic heterocycles. The Labute approximate surface area is 130 Å². The molecule has 1 aromatic heterocycles. The van der Waals surface area contributed by atoms with Gasteiger partial charge in [-0.3, -0.25) is 16.0 Å². The predicted octanol–water partition coefficient (Wildman–Crippen LogP) is 4.11. The third kappa shape index (κ3) is 6.18. The number of hydrogen-bond acceptors (Lipinski definition) is 3. The van der Waals surface area contributed by atoms with E-state index in [0.717, 1.165) is 25.1 Å². The lowest BCUT2D eigenvalue weighted by molar-refractivity contribution is 0.442. The molecule has 0 aliphatic carbocycles. The molecule has 1 atom stereocenters. The van der Waals surface area contributed by atoms with Crippen LogP contribution in [0.2, 0.25) is 0 Å². The molecule has 0 aromatic carbocycles. The van der Waals surface area contributed by atoms with Crippen molar-refractivity contribution in [2.24, 2.45) is 5.84 Å². The second-order valence-electron chi connectivity index (χ2n) is 5.86. The predicted molar refractivity (Wildman–Crippen MR) is 90.0 cm³/mol. The van der Waals surface area contributed by atoms with Gasteiger partial charge in [-0.25, -0.2) is 0 Å². The quantitative estimate of drug-likeness (QED) is 0.346. The van der Waals surface area contributed by atoms with Gasteiger partial charge >= 0.3 is 0 Å². The first-order chi connectivity index (χ1) is 10.3. The molecule has 1 heterocycles. The first kappa shape index (κ1) is 18.2. The van der Waals surface area contributed by atoms with Gasteiger partial charge in [-0.05, 0) is 25.8 Å². The Morgan fingerprint density at radius 3 is 2.33 bits per heavy atom. The number of aromatic nitrogens is 2. The highest BCUT2D eigenvalue weighted by Gasteiger charge is 2.15. The fraction of sp³-hybridized carbons (Fsp3) is 0.824. The maximum atomic E-state index is 5.77. The van der Waals surface area contributed by atoms with Gasteiger partial charge in [0, 0.05) is 6.54 Å². The summed E-state index contributed by atoms with van der Waals surface area (Å²) >= 11 is 0. The zero-order valence-electron chi connectivity index (χ0n) is 14.2. The molecular weight excluding hydrogens is 260 g/mol. The Kier molecular flexibility index (Phi) is 9.35. The van der Waals surface area contributed by atoms with Crippen molar-refractivity contribution in [3.05, 3.63) is 17.5 Å². The van der Waals surface area contributed by atoms with Gasteiger partial charge in [0.2, 0.25) is 0 Å². The van der Waals surface area contributed by atoms with Crippen molar-refractivity contribution in [2.75, 3.05) is 0 Å². The molecule has 0 spiro atoms. The largest absolute Gasteiger partial charge is 0.271 e. The van der Waals surface area contributed by atoms with Crippen molar-refractivity contribution < 1.29 is 0 Å². The molecule has 0 fully saturated rings. The van der Waals surface area contributed by atoms with Crippen LogP contribution in [0.15, 0.2) is 6.07 Å². The van der Waals surface area contributed by atoms with Crippen LogP contribution in [0, 0.1) is 0 Å². The lowest BCUT2D eigenvalue weighted by Gasteiger charge is -2.17. The maximum absolute atomic E-state index is 5.77. The fourth-order valence-corrected chi connectivity index (χ4v) is 2.82. The smallest absolute Gasteiger partial charge is 0.0629 e. The number of nitrogens with one attached hydrogen (secondary N) is 1. The van der Waals surface area contributed by atoms with E-state index in [9.17, 15) is 0 Å². The first-order valence-corrected chi connectivity index (χ1v) is 8.79. The van der Waals surface area contributed by atoms with Crippen molar-refractivity contribution in [2.45, 2.75) is 91.1 Å². The van der Waals surface area contributed by atoms with Gasteiger partial charge in [0.1, 0.15) is 0 Å². The van der Waals surface area contributed by atoms with Gasteiger partial charge in [0.25, 0.3) is 0 Å². The average molecular weight is 294 g/mol. The van der Waals surface area contributed by atoms with E-state index in [2.05, 4.69) is 42.0 Å². The van der Waals surface area contributed by atoms with Crippen LogP contribution in [0.25, 0.3) is 0 Å². The van der Waals surface area contributed by atoms with Gasteiger partial charge in [-0.15, -0.1) is 0 Å². The summed E-state index contributed by atoms with van der Waals surface area (Å²) in [5.41, 5.74) is 5.38. The summed E-state index contributed by atoms with van der Waals surface area (Å²) in [6.07, 6.45) is 11.4. The standard InChI is InChI=1S/C17H34N4/c1-4-7-8-9-10-11-12-13-16(19-18)17-14-15(5-2)20-21(17)6-3/h14,16,19H,4-13,18H2,1-3H3. The minimum Gasteiger partial charge on any atom is -0.271 e. The monoisotopic (exact) mass is 294 g/mol. The fourth-order valence-electron chi connectivity index (χ4n) is 2.82. The van der Waals surface area contributed by atoms with E-state index in [0.29, 0.717) is 0 Å². The highest BCUT2D eigenvalue weighted by molar-refractivity contribution is 5.14. The van der Waals surface area contributed by atoms with Crippen molar-refractivity contribution in [3.8, 4) is 0 Å². The van der Waals surface area contributed by atoms with Crippen LogP contribution in [0.4, 0.5) is 0 Å². The number of aryl methyl sites for hydroxylation is 2. The van der Waals surface area contributed by atoms with Crippen LogP contribution < -0.4 is 11.3 Å². The van der Waals surface area contributed by atoms with E-state index >= 15 is 0 Å². The molecular formula is C17H34N4. The van der Waals surface area contributed by atoms with E-state index in [4.69, 9.17) is 5.84 Å². The second kappa shape index (κ2) is 10.8. The number of nitrogens with zero attached hydrogens (tertiary/aromatic N) is 2. The van der Waals surface area contributed by atoms with E-state index in [1.807, 2.05) is 0 Å². The summed E-state index contributed by atoms with van der Waals surface area (Å²) in [5.74, 6) is 5.77. The molecule has 0 saturated carbocycles. The summed E-state index contributed by atoms with van der Waals surface area (Å²) in [4.78, 5) is 0. The molecule has 21 heavy (non-hydrogen) atoms. The van der Waals surface area contributed by atoms with Crippen LogP contribution in [-0.2, 0) is 13.0 Å². The first-order valence-electron chi connectivity index (χ1n) is 8.79. The number of unbranched alkanes of at least 4 members (excludes halogenated alkanes) is 6. The Morgan fingerprint density at radius 2 is 1.76 bits per heavy atom. The molecule has 1 aromatic rings. The Balaban J connectivity index is 2.39. The Hall–Kier alpha value is -0.870. The summed E-state index contributed by atoms with van der Waals surface area (Å²) in [6, 6.07) is 2.43. The summed E-state index contributed by atoms with van der Waals surface area (Å²) < 4.78 is 2.09. The molecule has 3 N–H and O–H groups in total. The molecule has 0 saturated heterocycles. The number of rotatable bonds is 12. The third-order valence-corrected chi connectivity index (χ3v) is 4.18. The second-order valence-corrected chi connectivity index (χ2v) is 5.86. The van der Waals surface area contributed by atoms with Crippen LogP contribution in [0.5, 0.6) is 0 Å². The molecule has 0 aliphatic rings. The van der Waals surface area contributed by atoms with Crippen molar-refractivity contribution in [3.63, 3.8) is 0 Å². The van der Waals surface area contributed by atoms with E-state index < -0.39 is 0 Å². The van der Waals surface area contributed by atoms with Crippen LogP contribution in [0.3, 0.4) is 0 Å². The minimum atomic E-state index is 0.230. The molecule has 0 amide bonds. The van der Waals surface area contributed by atoms with Crippen molar-refractivity contribution in [1.29, 1.82) is 0 Å². The van der Waals surface area contributed by atoms with Crippen molar-refractivity contribution >= 4 is 0 Å². The molecule has 122 valence electrons. The van der Waals surface area contributed by atoms with Gasteiger partial charge in [0.05, 0.1) is 17.4 Å². The van der Waals surface area contributed by atoms with Gasteiger partial charge < -0.3 is 0 Å². The molecule has 4 heteroatoms. The minimum absolute atomic E-state index is 0.230. The normalized spacial score (nSPS) is 12.8. The topological polar surface area (TPSA) is 55.9 Å². The van der Waals surface area contributed by atoms with E-state index in [1.54, 1.807) is 0 Å². The molecule has 0 bridgehead atoms. The Morgan fingerprint density at radius 1 is 1.10 bits per heavy atom. The maximum Gasteiger partial charge on any atom is 0.0629 e. The summed E-state index contributed by atoms with van der Waals surface area (Å²) in [5, 5.41) is 4.62. The zero-order valence-corrected chi connectivity index (χ0v) is 14.2. The van der Waals surface area contributed by atoms with Crippen molar-refractivity contribution in [1.82, 2.24) is 15.2 Å². The van der Waals surface area contributed by atoms with Crippen LogP contribution >= 0.6 is 0 Å². The molecule has 1 rings (SSSR count). The SMILES string of the molecule is CCCCCCCCCC(NN)c1cc(CC)nn1CC. The highest BCUT2D eigenvalue weighted by Crippen LogP contribution is 2.21. The molecule has 0 radical (unpaired) electrons. The van der Waals surface area contributed by atoms with E-state index in [1.165, 1.54) is 50.6 Å². The zero-order chi connectivity index (χ0) is 15.5. The summed E-state index contributed by atoms with van der Waals surface area (Å²) in [6.45, 7) is 7.45. The number of hydrogen-bond donors (Lipinski definition) is 2. The third-order valence-electron chi connectivity index (χ3n) is 4.18. The molecule has 1 unspecified atom stereocenters. The van der Waals surface area contributed by atoms with Crippen LogP contribution in [0.1, 0.15) is 89.6 Å². The van der Waals surface area contributed by atoms with Gasteiger partial charge in [-0.1, -0.05) is 58.8 Å². The van der Waals surface area contributed by atoms with Gasteiger partial charge in [0.15, 0.2) is 0 Å². The number of nitrogens with two attached hydrogens (primary N) is 1. The Bertz CT molecular complexity index is 373. The van der Waals surface area contributed by atoms with E-state index in [-0.39, 0.29) is 6.04 Å². The average Bonchev–Trinajstić information content (AvgIpc) is 2.93.